The van der Waals surface area contributed by atoms with E-state index >= 15 is 0 Å². The van der Waals surface area contributed by atoms with Crippen molar-refractivity contribution in [2.24, 2.45) is 15.8 Å². The highest BCUT2D eigenvalue weighted by atomic mass is 14.7. The number of aliphatic imine (C=N–C) groups is 1. The average molecular weight is 247 g/mol. The monoisotopic (exact) mass is 247 g/mol. The summed E-state index contributed by atoms with van der Waals surface area (Å²) in [5.41, 5.74) is 2.46. The maximum absolute atomic E-state index is 4.41. The van der Waals surface area contributed by atoms with Crippen LogP contribution in [0.15, 0.2) is 42.1 Å². The SMILES string of the molecule is C=CN=C(/C=C(\C=C)C(C)(C)CCC)C(C)(C)C. The van der Waals surface area contributed by atoms with Crippen LogP contribution in [0.3, 0.4) is 0 Å². The topological polar surface area (TPSA) is 12.4 Å². The molecule has 0 aliphatic carbocycles. The highest BCUT2D eigenvalue weighted by Gasteiger charge is 2.23. The van der Waals surface area contributed by atoms with Gasteiger partial charge >= 0.3 is 0 Å². The Balaban J connectivity index is 5.51. The van der Waals surface area contributed by atoms with E-state index in [9.17, 15) is 0 Å². The zero-order valence-electron chi connectivity index (χ0n) is 13.0. The fourth-order valence-corrected chi connectivity index (χ4v) is 1.99. The van der Waals surface area contributed by atoms with Crippen molar-refractivity contribution >= 4 is 5.71 Å². The maximum atomic E-state index is 4.41. The first-order valence-corrected chi connectivity index (χ1v) is 6.72. The van der Waals surface area contributed by atoms with Gasteiger partial charge in [0.1, 0.15) is 0 Å². The van der Waals surface area contributed by atoms with Crippen LogP contribution in [0.1, 0.15) is 54.4 Å². The van der Waals surface area contributed by atoms with Gasteiger partial charge in [-0.05, 0) is 23.5 Å². The Morgan fingerprint density at radius 1 is 1.11 bits per heavy atom. The van der Waals surface area contributed by atoms with Gasteiger partial charge in [0.15, 0.2) is 0 Å². The Hall–Kier alpha value is -1.11. The summed E-state index contributed by atoms with van der Waals surface area (Å²) in [6.07, 6.45) is 8.06. The van der Waals surface area contributed by atoms with Crippen molar-refractivity contribution < 1.29 is 0 Å². The third kappa shape index (κ3) is 5.03. The van der Waals surface area contributed by atoms with Gasteiger partial charge < -0.3 is 0 Å². The van der Waals surface area contributed by atoms with E-state index in [1.165, 1.54) is 12.0 Å². The molecule has 0 aromatic heterocycles. The molecule has 0 fully saturated rings. The predicted molar refractivity (Wildman–Crippen MR) is 84.1 cm³/mol. The summed E-state index contributed by atoms with van der Waals surface area (Å²) in [7, 11) is 0. The summed E-state index contributed by atoms with van der Waals surface area (Å²) in [5.74, 6) is 0. The van der Waals surface area contributed by atoms with Crippen LogP contribution in [-0.2, 0) is 0 Å². The molecule has 0 unspecified atom stereocenters. The number of rotatable bonds is 6. The molecular weight excluding hydrogens is 218 g/mol. The van der Waals surface area contributed by atoms with E-state index in [4.69, 9.17) is 0 Å². The van der Waals surface area contributed by atoms with Crippen molar-refractivity contribution in [3.05, 3.63) is 37.1 Å². The summed E-state index contributed by atoms with van der Waals surface area (Å²) in [6, 6.07) is 0. The van der Waals surface area contributed by atoms with Crippen LogP contribution in [0.5, 0.6) is 0 Å². The molecular formula is C17H29N. The molecule has 0 heterocycles. The van der Waals surface area contributed by atoms with Crippen LogP contribution >= 0.6 is 0 Å². The van der Waals surface area contributed by atoms with Crippen molar-refractivity contribution in [3.63, 3.8) is 0 Å². The molecule has 0 aliphatic heterocycles. The zero-order chi connectivity index (χ0) is 14.4. The van der Waals surface area contributed by atoms with E-state index in [-0.39, 0.29) is 10.8 Å². The van der Waals surface area contributed by atoms with Crippen molar-refractivity contribution in [1.82, 2.24) is 0 Å². The Labute approximate surface area is 113 Å². The number of hydrogen-bond donors (Lipinski definition) is 0. The summed E-state index contributed by atoms with van der Waals surface area (Å²) < 4.78 is 0. The lowest BCUT2D eigenvalue weighted by Gasteiger charge is -2.28. The van der Waals surface area contributed by atoms with E-state index < -0.39 is 0 Å². The molecule has 102 valence electrons. The molecule has 0 saturated heterocycles. The van der Waals surface area contributed by atoms with E-state index in [0.29, 0.717) is 0 Å². The molecule has 18 heavy (non-hydrogen) atoms. The second-order valence-electron chi connectivity index (χ2n) is 6.38. The van der Waals surface area contributed by atoms with Gasteiger partial charge in [0.05, 0.1) is 0 Å². The van der Waals surface area contributed by atoms with Gasteiger partial charge in [-0.15, -0.1) is 0 Å². The minimum absolute atomic E-state index is 0.0186. The van der Waals surface area contributed by atoms with E-state index in [2.05, 4.69) is 65.8 Å². The lowest BCUT2D eigenvalue weighted by molar-refractivity contribution is 0.412. The maximum Gasteiger partial charge on any atom is 0.0459 e. The second-order valence-corrected chi connectivity index (χ2v) is 6.38. The van der Waals surface area contributed by atoms with Crippen LogP contribution in [0.4, 0.5) is 0 Å². The van der Waals surface area contributed by atoms with Crippen molar-refractivity contribution in [2.45, 2.75) is 54.4 Å². The fraction of sp³-hybridized carbons (Fsp3) is 0.588. The van der Waals surface area contributed by atoms with Gasteiger partial charge in [0.2, 0.25) is 0 Å². The Morgan fingerprint density at radius 3 is 2.00 bits per heavy atom. The summed E-state index contributed by atoms with van der Waals surface area (Å²) in [5, 5.41) is 0. The standard InChI is InChI=1S/C17H29N/c1-9-12-17(7,8)14(10-2)13-15(18-11-3)16(4,5)6/h10-11,13H,2-3,9,12H2,1,4-8H3/b14-13+,18-15?. The largest absolute Gasteiger partial charge is 0.261 e. The molecule has 0 rings (SSSR count). The summed E-state index contributed by atoms with van der Waals surface area (Å²) in [4.78, 5) is 4.41. The third-order valence-corrected chi connectivity index (χ3v) is 3.17. The molecule has 0 saturated carbocycles. The molecule has 0 bridgehead atoms. The second kappa shape index (κ2) is 6.72. The highest BCUT2D eigenvalue weighted by Crippen LogP contribution is 2.33. The minimum Gasteiger partial charge on any atom is -0.261 e. The van der Waals surface area contributed by atoms with Crippen LogP contribution in [0, 0.1) is 10.8 Å². The van der Waals surface area contributed by atoms with Gasteiger partial charge in [0, 0.05) is 17.3 Å². The number of allylic oxidation sites excluding steroid dienone is 3. The quantitative estimate of drug-likeness (QED) is 0.430. The lowest BCUT2D eigenvalue weighted by Crippen LogP contribution is -2.21. The molecule has 0 atom stereocenters. The molecule has 0 aromatic rings. The van der Waals surface area contributed by atoms with Crippen LogP contribution in [0.2, 0.25) is 0 Å². The smallest absolute Gasteiger partial charge is 0.0459 e. The molecule has 0 aliphatic rings. The normalized spacial score (nSPS) is 14.6. The summed E-state index contributed by atoms with van der Waals surface area (Å²) in [6.45, 7) is 20.9. The van der Waals surface area contributed by atoms with Gasteiger partial charge in [0.25, 0.3) is 0 Å². The summed E-state index contributed by atoms with van der Waals surface area (Å²) >= 11 is 0. The van der Waals surface area contributed by atoms with E-state index in [1.54, 1.807) is 6.20 Å². The van der Waals surface area contributed by atoms with E-state index in [0.717, 1.165) is 12.1 Å². The molecule has 0 spiro atoms. The molecule has 0 radical (unpaired) electrons. The first-order chi connectivity index (χ1) is 8.19. The fourth-order valence-electron chi connectivity index (χ4n) is 1.99. The van der Waals surface area contributed by atoms with Crippen molar-refractivity contribution in [2.75, 3.05) is 0 Å². The molecule has 0 N–H and O–H groups in total. The Morgan fingerprint density at radius 2 is 1.67 bits per heavy atom. The van der Waals surface area contributed by atoms with Crippen molar-refractivity contribution in [1.29, 1.82) is 0 Å². The first kappa shape index (κ1) is 16.9. The zero-order valence-corrected chi connectivity index (χ0v) is 13.0. The Kier molecular flexibility index (Phi) is 6.31. The van der Waals surface area contributed by atoms with Gasteiger partial charge in [-0.1, -0.05) is 67.2 Å². The van der Waals surface area contributed by atoms with E-state index in [1.807, 2.05) is 6.08 Å². The lowest BCUT2D eigenvalue weighted by atomic mass is 9.77. The first-order valence-electron chi connectivity index (χ1n) is 6.72. The molecule has 0 aromatic carbocycles. The molecule has 1 heteroatoms. The third-order valence-electron chi connectivity index (χ3n) is 3.17. The molecule has 1 nitrogen and oxygen atoms in total. The van der Waals surface area contributed by atoms with Gasteiger partial charge in [-0.3, -0.25) is 4.99 Å². The Bertz CT molecular complexity index is 348. The predicted octanol–water partition coefficient (Wildman–Crippen LogP) is 5.56. The number of hydrogen-bond acceptors (Lipinski definition) is 1. The van der Waals surface area contributed by atoms with Crippen molar-refractivity contribution in [3.8, 4) is 0 Å². The van der Waals surface area contributed by atoms with Gasteiger partial charge in [-0.2, -0.15) is 0 Å². The van der Waals surface area contributed by atoms with Crippen LogP contribution < -0.4 is 0 Å². The minimum atomic E-state index is 0.0186. The molecule has 0 amide bonds. The average Bonchev–Trinajstić information content (AvgIpc) is 2.21. The highest BCUT2D eigenvalue weighted by molar-refractivity contribution is 6.00. The van der Waals surface area contributed by atoms with Crippen LogP contribution in [-0.4, -0.2) is 5.71 Å². The van der Waals surface area contributed by atoms with Gasteiger partial charge in [-0.25, -0.2) is 0 Å². The van der Waals surface area contributed by atoms with Crippen LogP contribution in [0.25, 0.3) is 0 Å². The number of nitrogens with zero attached hydrogens (tertiary/aromatic N) is 1.